The second kappa shape index (κ2) is 7.04. The Balaban J connectivity index is 1.68. The van der Waals surface area contributed by atoms with Crippen molar-refractivity contribution in [1.29, 1.82) is 0 Å². The molecule has 0 spiro atoms. The van der Waals surface area contributed by atoms with Gasteiger partial charge in [-0.05, 0) is 40.3 Å². The van der Waals surface area contributed by atoms with Crippen molar-refractivity contribution in [2.24, 2.45) is 0 Å². The third kappa shape index (κ3) is 3.33. The lowest BCUT2D eigenvalue weighted by Crippen LogP contribution is -2.18. The smallest absolute Gasteiger partial charge is 0.321 e. The molecule has 3 nitrogen and oxygen atoms in total. The average molecular weight is 344 g/mol. The van der Waals surface area contributed by atoms with Crippen molar-refractivity contribution in [3.05, 3.63) is 95.3 Å². The lowest BCUT2D eigenvalue weighted by atomic mass is 9.91. The third-order valence-electron chi connectivity index (χ3n) is 4.73. The zero-order valence-electron chi connectivity index (χ0n) is 14.4. The molecule has 130 valence electrons. The van der Waals surface area contributed by atoms with Crippen molar-refractivity contribution in [1.82, 2.24) is 0 Å². The molecule has 3 heteroatoms. The minimum absolute atomic E-state index is 0.152. The molecule has 1 aliphatic rings. The fourth-order valence-corrected chi connectivity index (χ4v) is 3.22. The van der Waals surface area contributed by atoms with Crippen LogP contribution in [0, 0.1) is 0 Å². The Bertz CT molecular complexity index is 962. The van der Waals surface area contributed by atoms with E-state index in [2.05, 4.69) is 0 Å². The van der Waals surface area contributed by atoms with Crippen LogP contribution < -0.4 is 0 Å². The van der Waals surface area contributed by atoms with Crippen LogP contribution in [0.2, 0.25) is 0 Å². The molecule has 1 saturated carbocycles. The number of fused-ring (bicyclic) bond motifs is 1. The van der Waals surface area contributed by atoms with Crippen molar-refractivity contribution in [3.8, 4) is 0 Å². The van der Waals surface area contributed by atoms with Gasteiger partial charge in [0.25, 0.3) is 0 Å². The summed E-state index contributed by atoms with van der Waals surface area (Å²) in [6.45, 7) is 0.198. The van der Waals surface area contributed by atoms with Gasteiger partial charge in [-0.15, -0.1) is 0 Å². The van der Waals surface area contributed by atoms with Gasteiger partial charge in [0.1, 0.15) is 18.3 Å². The van der Waals surface area contributed by atoms with Crippen LogP contribution in [0.25, 0.3) is 10.8 Å². The summed E-state index contributed by atoms with van der Waals surface area (Å²) in [5.41, 5.74) is 2.66. The van der Waals surface area contributed by atoms with Crippen LogP contribution >= 0.6 is 0 Å². The maximum Gasteiger partial charge on any atom is 0.321 e. The quantitative estimate of drug-likeness (QED) is 0.506. The monoisotopic (exact) mass is 344 g/mol. The van der Waals surface area contributed by atoms with E-state index in [4.69, 9.17) is 4.74 Å². The highest BCUT2D eigenvalue weighted by atomic mass is 16.5. The summed E-state index contributed by atoms with van der Waals surface area (Å²) in [6, 6.07) is 23.3. The number of rotatable bonds is 5. The van der Waals surface area contributed by atoms with Gasteiger partial charge in [0.15, 0.2) is 0 Å². The zero-order valence-corrected chi connectivity index (χ0v) is 14.4. The normalized spacial score (nSPS) is 14.1. The van der Waals surface area contributed by atoms with Crippen LogP contribution in [-0.4, -0.2) is 11.1 Å². The number of esters is 1. The SMILES string of the molecule is O=C(OCc1ccccc1)C(C(O)=C1CC1)c1cccc2ccccc12. The predicted octanol–water partition coefficient (Wildman–Crippen LogP) is 5.27. The molecule has 0 bridgehead atoms. The molecule has 26 heavy (non-hydrogen) atoms. The van der Waals surface area contributed by atoms with Gasteiger partial charge < -0.3 is 9.84 Å². The van der Waals surface area contributed by atoms with Crippen LogP contribution in [0.4, 0.5) is 0 Å². The first kappa shape index (κ1) is 16.4. The summed E-state index contributed by atoms with van der Waals surface area (Å²) in [4.78, 5) is 12.9. The predicted molar refractivity (Wildman–Crippen MR) is 102 cm³/mol. The van der Waals surface area contributed by atoms with Crippen LogP contribution in [0.5, 0.6) is 0 Å². The minimum Gasteiger partial charge on any atom is -0.511 e. The molecule has 1 unspecified atom stereocenters. The summed E-state index contributed by atoms with van der Waals surface area (Å²) in [5, 5.41) is 12.7. The largest absolute Gasteiger partial charge is 0.511 e. The van der Waals surface area contributed by atoms with E-state index in [1.165, 1.54) is 0 Å². The number of carbonyl (C=O) groups excluding carboxylic acids is 1. The number of carbonyl (C=O) groups is 1. The molecule has 1 fully saturated rings. The Morgan fingerprint density at radius 1 is 0.923 bits per heavy atom. The number of allylic oxidation sites excluding steroid dienone is 1. The molecule has 3 aromatic carbocycles. The van der Waals surface area contributed by atoms with Gasteiger partial charge in [0.05, 0.1) is 0 Å². The highest BCUT2D eigenvalue weighted by Crippen LogP contribution is 2.39. The highest BCUT2D eigenvalue weighted by Gasteiger charge is 2.33. The lowest BCUT2D eigenvalue weighted by Gasteiger charge is -2.18. The van der Waals surface area contributed by atoms with Crippen molar-refractivity contribution in [2.75, 3.05) is 0 Å². The van der Waals surface area contributed by atoms with Crippen LogP contribution in [0.15, 0.2) is 84.1 Å². The fourth-order valence-electron chi connectivity index (χ4n) is 3.22. The Hall–Kier alpha value is -3.07. The Morgan fingerprint density at radius 3 is 2.38 bits per heavy atom. The summed E-state index contributed by atoms with van der Waals surface area (Å²) in [7, 11) is 0. The Kier molecular flexibility index (Phi) is 4.44. The lowest BCUT2D eigenvalue weighted by molar-refractivity contribution is -0.146. The van der Waals surface area contributed by atoms with Crippen LogP contribution in [-0.2, 0) is 16.1 Å². The van der Waals surface area contributed by atoms with E-state index in [0.717, 1.165) is 40.3 Å². The maximum absolute atomic E-state index is 12.9. The van der Waals surface area contributed by atoms with Crippen molar-refractivity contribution >= 4 is 16.7 Å². The topological polar surface area (TPSA) is 46.5 Å². The van der Waals surface area contributed by atoms with E-state index in [9.17, 15) is 9.90 Å². The maximum atomic E-state index is 12.9. The zero-order chi connectivity index (χ0) is 17.9. The number of benzene rings is 3. The van der Waals surface area contributed by atoms with Gasteiger partial charge in [-0.2, -0.15) is 0 Å². The van der Waals surface area contributed by atoms with Gasteiger partial charge >= 0.3 is 5.97 Å². The molecular formula is C23H20O3. The van der Waals surface area contributed by atoms with Gasteiger partial charge in [-0.1, -0.05) is 72.8 Å². The van der Waals surface area contributed by atoms with E-state index < -0.39 is 11.9 Å². The second-order valence-electron chi connectivity index (χ2n) is 6.58. The van der Waals surface area contributed by atoms with Gasteiger partial charge in [0, 0.05) is 0 Å². The van der Waals surface area contributed by atoms with Crippen molar-refractivity contribution in [3.63, 3.8) is 0 Å². The molecule has 1 N–H and O–H groups in total. The van der Waals surface area contributed by atoms with E-state index >= 15 is 0 Å². The molecular weight excluding hydrogens is 324 g/mol. The summed E-state index contributed by atoms with van der Waals surface area (Å²) >= 11 is 0. The first-order valence-corrected chi connectivity index (χ1v) is 8.83. The van der Waals surface area contributed by atoms with E-state index in [1.807, 2.05) is 72.8 Å². The summed E-state index contributed by atoms with van der Waals surface area (Å²) < 4.78 is 5.56. The molecule has 0 amide bonds. The molecule has 0 aliphatic heterocycles. The van der Waals surface area contributed by atoms with Gasteiger partial charge in [-0.25, -0.2) is 0 Å². The first-order valence-electron chi connectivity index (χ1n) is 8.83. The van der Waals surface area contributed by atoms with Crippen molar-refractivity contribution < 1.29 is 14.6 Å². The number of aliphatic hydroxyl groups excluding tert-OH is 1. The number of aliphatic hydroxyl groups is 1. The first-order chi connectivity index (χ1) is 12.7. The molecule has 3 aromatic rings. The molecule has 1 aliphatic carbocycles. The van der Waals surface area contributed by atoms with Crippen LogP contribution in [0.3, 0.4) is 0 Å². The molecule has 0 aromatic heterocycles. The molecule has 0 saturated heterocycles. The highest BCUT2D eigenvalue weighted by molar-refractivity contribution is 5.92. The summed E-state index contributed by atoms with van der Waals surface area (Å²) in [6.07, 6.45) is 1.69. The molecule has 0 heterocycles. The number of hydrogen-bond acceptors (Lipinski definition) is 3. The van der Waals surface area contributed by atoms with Crippen LogP contribution in [0.1, 0.15) is 29.9 Å². The number of ether oxygens (including phenoxy) is 1. The Labute approximate surface area is 152 Å². The van der Waals surface area contributed by atoms with E-state index in [0.29, 0.717) is 0 Å². The summed E-state index contributed by atoms with van der Waals surface area (Å²) in [5.74, 6) is -1.04. The van der Waals surface area contributed by atoms with Gasteiger partial charge in [-0.3, -0.25) is 4.79 Å². The van der Waals surface area contributed by atoms with E-state index in [-0.39, 0.29) is 12.4 Å². The van der Waals surface area contributed by atoms with Gasteiger partial charge in [0.2, 0.25) is 0 Å². The molecule has 4 rings (SSSR count). The number of hydrogen-bond donors (Lipinski definition) is 1. The molecule has 0 radical (unpaired) electrons. The minimum atomic E-state index is -0.776. The molecule has 1 atom stereocenters. The Morgan fingerprint density at radius 2 is 1.62 bits per heavy atom. The second-order valence-corrected chi connectivity index (χ2v) is 6.58. The standard InChI is InChI=1S/C23H20O3/c24-22(18-13-14-18)21(23(25)26-15-16-7-2-1-3-8-16)20-12-6-10-17-9-4-5-11-19(17)20/h1-12,21,24H,13-15H2. The fraction of sp³-hybridized carbons (Fsp3) is 0.174. The van der Waals surface area contributed by atoms with E-state index in [1.54, 1.807) is 0 Å². The average Bonchev–Trinajstić information content (AvgIpc) is 3.53. The third-order valence-corrected chi connectivity index (χ3v) is 4.73. The van der Waals surface area contributed by atoms with Crippen molar-refractivity contribution in [2.45, 2.75) is 25.4 Å².